The number of carbonyl (C=O) groups excluding carboxylic acids is 2. The predicted octanol–water partition coefficient (Wildman–Crippen LogP) is 13.3. The summed E-state index contributed by atoms with van der Waals surface area (Å²) in [7, 11) is 0. The van der Waals surface area contributed by atoms with Gasteiger partial charge in [-0.1, -0.05) is 142 Å². The minimum atomic E-state index is -0.0781. The number of hydrogen-bond donors (Lipinski definition) is 0. The molecule has 0 N–H and O–H groups in total. The van der Waals surface area contributed by atoms with Crippen LogP contribution in [0.5, 0.6) is 0 Å². The second-order valence-electron chi connectivity index (χ2n) is 13.7. The largest absolute Gasteiger partial charge is 0.274 e. The third-order valence-corrected chi connectivity index (χ3v) is 12.0. The summed E-state index contributed by atoms with van der Waals surface area (Å²) in [4.78, 5) is 31.9. The van der Waals surface area contributed by atoms with Gasteiger partial charge in [-0.3, -0.25) is 14.5 Å². The molecule has 0 saturated carbocycles. The molecule has 3 heterocycles. The lowest BCUT2D eigenvalue weighted by atomic mass is 9.93. The van der Waals surface area contributed by atoms with Crippen molar-refractivity contribution in [3.05, 3.63) is 45.8 Å². The maximum absolute atomic E-state index is 14.1. The number of amides is 2. The van der Waals surface area contributed by atoms with Crippen molar-refractivity contribution in [2.75, 3.05) is 6.54 Å². The third-order valence-electron chi connectivity index (χ3n) is 9.80. The zero-order valence-electron chi connectivity index (χ0n) is 28.8. The molecule has 2 aromatic heterocycles. The van der Waals surface area contributed by atoms with Crippen LogP contribution in [0.1, 0.15) is 173 Å². The quantitative estimate of drug-likeness (QED) is 0.0757. The molecular formula is C40H59NO2S2. The maximum atomic E-state index is 14.1. The first-order valence-corrected chi connectivity index (χ1v) is 20.1. The molecule has 1 aliphatic rings. The minimum absolute atomic E-state index is 0.0763. The van der Waals surface area contributed by atoms with Gasteiger partial charge in [-0.05, 0) is 50.3 Å². The van der Waals surface area contributed by atoms with Gasteiger partial charge in [-0.15, -0.1) is 22.7 Å². The van der Waals surface area contributed by atoms with E-state index < -0.39 is 0 Å². The van der Waals surface area contributed by atoms with E-state index in [1.54, 1.807) is 27.6 Å². The summed E-state index contributed by atoms with van der Waals surface area (Å²) in [6.07, 6.45) is 26.1. The summed E-state index contributed by atoms with van der Waals surface area (Å²) in [5.74, 6) is 0.235. The minimum Gasteiger partial charge on any atom is -0.274 e. The van der Waals surface area contributed by atoms with Crippen LogP contribution in [0.15, 0.2) is 24.3 Å². The Morgan fingerprint density at radius 2 is 1.09 bits per heavy atom. The Kier molecular flexibility index (Phi) is 15.1. The summed E-state index contributed by atoms with van der Waals surface area (Å²) in [6.45, 7) is 9.24. The van der Waals surface area contributed by atoms with Gasteiger partial charge >= 0.3 is 0 Å². The maximum Gasteiger partial charge on any atom is 0.262 e. The van der Waals surface area contributed by atoms with Gasteiger partial charge in [0.2, 0.25) is 0 Å². The molecule has 1 unspecified atom stereocenters. The van der Waals surface area contributed by atoms with E-state index in [1.807, 2.05) is 13.0 Å². The fourth-order valence-corrected chi connectivity index (χ4v) is 9.45. The van der Waals surface area contributed by atoms with Gasteiger partial charge < -0.3 is 0 Å². The molecule has 2 amide bonds. The second-order valence-corrected chi connectivity index (χ2v) is 16.1. The molecule has 0 spiro atoms. The summed E-state index contributed by atoms with van der Waals surface area (Å²) >= 11 is 3.53. The van der Waals surface area contributed by atoms with Gasteiger partial charge in [0.15, 0.2) is 0 Å². The number of rotatable bonds is 23. The van der Waals surface area contributed by atoms with E-state index in [9.17, 15) is 9.59 Å². The SMILES string of the molecule is CCCCCCCCCCCCC(CCCCCCCCCC)CN1C(=O)c2c(C)ccc(-c3cc4sc(C)cc4s3)c2C1=O. The molecule has 0 fully saturated rings. The van der Waals surface area contributed by atoms with Crippen LogP contribution < -0.4 is 0 Å². The molecule has 3 nitrogen and oxygen atoms in total. The van der Waals surface area contributed by atoms with Crippen molar-refractivity contribution in [1.82, 2.24) is 4.90 Å². The number of unbranched alkanes of at least 4 members (excludes halogenated alkanes) is 16. The standard InChI is InChI=1S/C40H59NO2S2/c1-5-7-9-11-13-15-16-18-20-22-24-32(23-21-19-17-14-12-10-8-6-2)29-41-39(42)37-30(3)25-26-33(38(37)40(41)43)34-28-36-35(45-34)27-31(4)44-36/h25-28,32H,5-24,29H2,1-4H3. The third kappa shape index (κ3) is 10.3. The first-order chi connectivity index (χ1) is 21.9. The van der Waals surface area contributed by atoms with E-state index in [4.69, 9.17) is 0 Å². The van der Waals surface area contributed by atoms with E-state index in [-0.39, 0.29) is 11.8 Å². The van der Waals surface area contributed by atoms with Crippen molar-refractivity contribution in [3.63, 3.8) is 0 Å². The van der Waals surface area contributed by atoms with Crippen LogP contribution in [-0.4, -0.2) is 23.3 Å². The number of aryl methyl sites for hydroxylation is 2. The number of imide groups is 1. The van der Waals surface area contributed by atoms with E-state index >= 15 is 0 Å². The highest BCUT2D eigenvalue weighted by Crippen LogP contribution is 2.42. The molecule has 3 aromatic rings. The van der Waals surface area contributed by atoms with E-state index in [2.05, 4.69) is 39.0 Å². The highest BCUT2D eigenvalue weighted by atomic mass is 32.1. The normalized spacial score (nSPS) is 13.8. The number of fused-ring (bicyclic) bond motifs is 2. The van der Waals surface area contributed by atoms with Crippen molar-refractivity contribution in [3.8, 4) is 10.4 Å². The Morgan fingerprint density at radius 3 is 1.62 bits per heavy atom. The summed E-state index contributed by atoms with van der Waals surface area (Å²) < 4.78 is 2.52. The topological polar surface area (TPSA) is 37.4 Å². The lowest BCUT2D eigenvalue weighted by Crippen LogP contribution is -2.34. The molecule has 0 radical (unpaired) electrons. The van der Waals surface area contributed by atoms with Gasteiger partial charge in [-0.2, -0.15) is 0 Å². The molecular weight excluding hydrogens is 591 g/mol. The highest BCUT2D eigenvalue weighted by Gasteiger charge is 2.40. The highest BCUT2D eigenvalue weighted by molar-refractivity contribution is 7.29. The van der Waals surface area contributed by atoms with Crippen LogP contribution in [0, 0.1) is 19.8 Å². The Hall–Kier alpha value is -1.98. The van der Waals surface area contributed by atoms with Gasteiger partial charge in [0.05, 0.1) is 11.1 Å². The second kappa shape index (κ2) is 19.0. The van der Waals surface area contributed by atoms with Crippen LogP contribution in [-0.2, 0) is 0 Å². The fraction of sp³-hybridized carbons (Fsp3) is 0.650. The summed E-state index contributed by atoms with van der Waals surface area (Å²) in [6, 6.07) is 8.53. The molecule has 1 aromatic carbocycles. The molecule has 0 bridgehead atoms. The summed E-state index contributed by atoms with van der Waals surface area (Å²) in [5.41, 5.74) is 3.11. The molecule has 0 aliphatic carbocycles. The predicted molar refractivity (Wildman–Crippen MR) is 197 cm³/mol. The lowest BCUT2D eigenvalue weighted by molar-refractivity contribution is 0.0621. The summed E-state index contributed by atoms with van der Waals surface area (Å²) in [5, 5.41) is 0. The van der Waals surface area contributed by atoms with Gasteiger partial charge in [0.1, 0.15) is 0 Å². The van der Waals surface area contributed by atoms with Gasteiger partial charge in [-0.25, -0.2) is 0 Å². The average Bonchev–Trinajstić information content (AvgIpc) is 3.65. The first-order valence-electron chi connectivity index (χ1n) is 18.4. The van der Waals surface area contributed by atoms with Crippen molar-refractivity contribution in [2.45, 2.75) is 156 Å². The number of thiophene rings is 2. The van der Waals surface area contributed by atoms with E-state index in [0.717, 1.165) is 28.8 Å². The first kappa shape index (κ1) is 35.9. The lowest BCUT2D eigenvalue weighted by Gasteiger charge is -2.23. The molecule has 45 heavy (non-hydrogen) atoms. The van der Waals surface area contributed by atoms with E-state index in [1.165, 1.54) is 130 Å². The average molecular weight is 650 g/mol. The van der Waals surface area contributed by atoms with Crippen LogP contribution in [0.3, 0.4) is 0 Å². The molecule has 0 saturated heterocycles. The Balaban J connectivity index is 1.36. The molecule has 248 valence electrons. The smallest absolute Gasteiger partial charge is 0.262 e. The van der Waals surface area contributed by atoms with E-state index in [0.29, 0.717) is 23.6 Å². The Bertz CT molecular complexity index is 1320. The number of hydrogen-bond acceptors (Lipinski definition) is 4. The molecule has 1 aliphatic heterocycles. The number of nitrogens with zero attached hydrogens (tertiary/aromatic N) is 1. The molecule has 4 rings (SSSR count). The van der Waals surface area contributed by atoms with Gasteiger partial charge in [0, 0.05) is 31.3 Å². The van der Waals surface area contributed by atoms with Crippen LogP contribution in [0.4, 0.5) is 0 Å². The van der Waals surface area contributed by atoms with Crippen molar-refractivity contribution >= 4 is 43.9 Å². The fourth-order valence-electron chi connectivity index (χ4n) is 7.10. The zero-order valence-corrected chi connectivity index (χ0v) is 30.4. The van der Waals surface area contributed by atoms with Crippen molar-refractivity contribution in [2.24, 2.45) is 5.92 Å². The molecule has 1 atom stereocenters. The van der Waals surface area contributed by atoms with Crippen LogP contribution >= 0.6 is 22.7 Å². The monoisotopic (exact) mass is 649 g/mol. The number of carbonyl (C=O) groups is 2. The van der Waals surface area contributed by atoms with Crippen LogP contribution in [0.2, 0.25) is 0 Å². The van der Waals surface area contributed by atoms with Crippen molar-refractivity contribution in [1.29, 1.82) is 0 Å². The van der Waals surface area contributed by atoms with Gasteiger partial charge in [0.25, 0.3) is 11.8 Å². The zero-order chi connectivity index (χ0) is 32.0. The molecule has 5 heteroatoms. The Labute approximate surface area is 282 Å². The Morgan fingerprint density at radius 1 is 0.600 bits per heavy atom. The number of benzene rings is 1. The van der Waals surface area contributed by atoms with Crippen molar-refractivity contribution < 1.29 is 9.59 Å². The van der Waals surface area contributed by atoms with Crippen LogP contribution in [0.25, 0.3) is 19.8 Å².